The number of carbonyl (C=O) groups excluding carboxylic acids is 1. The van der Waals surface area contributed by atoms with Gasteiger partial charge in [-0.3, -0.25) is 9.89 Å². The van der Waals surface area contributed by atoms with Gasteiger partial charge in [0.05, 0.1) is 12.8 Å². The molecule has 0 aliphatic heterocycles. The fourth-order valence-corrected chi connectivity index (χ4v) is 1.92. The summed E-state index contributed by atoms with van der Waals surface area (Å²) in [7, 11) is 1.48. The highest BCUT2D eigenvalue weighted by Gasteiger charge is 2.09. The minimum Gasteiger partial charge on any atom is -0.481 e. The molecule has 1 amide bonds. The third-order valence-corrected chi connectivity index (χ3v) is 3.04. The second-order valence-corrected chi connectivity index (χ2v) is 4.45. The number of amides is 1. The predicted octanol–water partition coefficient (Wildman–Crippen LogP) is 2.13. The van der Waals surface area contributed by atoms with Gasteiger partial charge in [0, 0.05) is 18.0 Å². The van der Waals surface area contributed by atoms with E-state index in [1.165, 1.54) is 19.5 Å². The SMILES string of the molecule is COc1cc(C(=O)Nc2ccc(-c3ccn[nH]3)cc2)ncn1. The van der Waals surface area contributed by atoms with Crippen molar-refractivity contribution in [3.8, 4) is 17.1 Å². The summed E-state index contributed by atoms with van der Waals surface area (Å²) in [6.45, 7) is 0. The molecule has 0 aliphatic rings. The summed E-state index contributed by atoms with van der Waals surface area (Å²) in [4.78, 5) is 19.9. The maximum atomic E-state index is 12.1. The van der Waals surface area contributed by atoms with E-state index in [0.29, 0.717) is 11.6 Å². The van der Waals surface area contributed by atoms with Gasteiger partial charge in [0.2, 0.25) is 5.88 Å². The molecule has 0 radical (unpaired) electrons. The van der Waals surface area contributed by atoms with E-state index in [-0.39, 0.29) is 11.6 Å². The number of nitrogens with one attached hydrogen (secondary N) is 2. The first-order valence-corrected chi connectivity index (χ1v) is 6.53. The quantitative estimate of drug-likeness (QED) is 0.769. The average Bonchev–Trinajstić information content (AvgIpc) is 3.10. The smallest absolute Gasteiger partial charge is 0.274 e. The molecule has 0 bridgehead atoms. The highest BCUT2D eigenvalue weighted by Crippen LogP contribution is 2.19. The summed E-state index contributed by atoms with van der Waals surface area (Å²) in [5, 5.41) is 9.56. The van der Waals surface area contributed by atoms with Crippen LogP contribution in [0, 0.1) is 0 Å². The molecule has 110 valence electrons. The Kier molecular flexibility index (Phi) is 3.78. The van der Waals surface area contributed by atoms with Gasteiger partial charge in [0.15, 0.2) is 0 Å². The fourth-order valence-electron chi connectivity index (χ4n) is 1.92. The number of aromatic nitrogens is 4. The molecule has 3 aromatic rings. The minimum atomic E-state index is -0.324. The molecule has 7 nitrogen and oxygen atoms in total. The Morgan fingerprint density at radius 1 is 1.18 bits per heavy atom. The normalized spacial score (nSPS) is 10.2. The first-order chi connectivity index (χ1) is 10.8. The highest BCUT2D eigenvalue weighted by molar-refractivity contribution is 6.03. The van der Waals surface area contributed by atoms with Gasteiger partial charge in [-0.2, -0.15) is 5.10 Å². The van der Waals surface area contributed by atoms with Gasteiger partial charge in [-0.1, -0.05) is 12.1 Å². The lowest BCUT2D eigenvalue weighted by Crippen LogP contribution is -2.14. The van der Waals surface area contributed by atoms with Crippen LogP contribution in [0.25, 0.3) is 11.3 Å². The van der Waals surface area contributed by atoms with Crippen LogP contribution in [0.5, 0.6) is 5.88 Å². The number of nitrogens with zero attached hydrogens (tertiary/aromatic N) is 3. The number of methoxy groups -OCH3 is 1. The number of hydrogen-bond acceptors (Lipinski definition) is 5. The lowest BCUT2D eigenvalue weighted by atomic mass is 10.1. The number of H-pyrrole nitrogens is 1. The Labute approximate surface area is 126 Å². The monoisotopic (exact) mass is 295 g/mol. The molecule has 0 saturated heterocycles. The molecular weight excluding hydrogens is 282 g/mol. The van der Waals surface area contributed by atoms with Gasteiger partial charge >= 0.3 is 0 Å². The number of rotatable bonds is 4. The molecule has 2 N–H and O–H groups in total. The van der Waals surface area contributed by atoms with Crippen molar-refractivity contribution >= 4 is 11.6 Å². The molecule has 7 heteroatoms. The third kappa shape index (κ3) is 2.93. The first-order valence-electron chi connectivity index (χ1n) is 6.53. The van der Waals surface area contributed by atoms with E-state index in [1.54, 1.807) is 6.20 Å². The van der Waals surface area contributed by atoms with Crippen LogP contribution < -0.4 is 10.1 Å². The summed E-state index contributed by atoms with van der Waals surface area (Å²) in [5.74, 6) is 0.0183. The van der Waals surface area contributed by atoms with Gasteiger partial charge in [-0.25, -0.2) is 9.97 Å². The van der Waals surface area contributed by atoms with E-state index < -0.39 is 0 Å². The van der Waals surface area contributed by atoms with E-state index in [9.17, 15) is 4.79 Å². The van der Waals surface area contributed by atoms with E-state index in [4.69, 9.17) is 4.74 Å². The molecule has 3 rings (SSSR count). The molecule has 0 unspecified atom stereocenters. The number of hydrogen-bond donors (Lipinski definition) is 2. The van der Waals surface area contributed by atoms with Crippen LogP contribution in [0.2, 0.25) is 0 Å². The Morgan fingerprint density at radius 2 is 2.00 bits per heavy atom. The van der Waals surface area contributed by atoms with Gasteiger partial charge in [-0.05, 0) is 23.8 Å². The Bertz CT molecular complexity index is 769. The van der Waals surface area contributed by atoms with Crippen molar-refractivity contribution in [3.05, 3.63) is 54.6 Å². The lowest BCUT2D eigenvalue weighted by Gasteiger charge is -2.06. The molecular formula is C15H13N5O2. The van der Waals surface area contributed by atoms with Crippen molar-refractivity contribution in [2.45, 2.75) is 0 Å². The number of anilines is 1. The first kappa shape index (κ1) is 13.7. The Morgan fingerprint density at radius 3 is 2.68 bits per heavy atom. The van der Waals surface area contributed by atoms with Crippen LogP contribution in [0.15, 0.2) is 48.9 Å². The zero-order chi connectivity index (χ0) is 15.4. The van der Waals surface area contributed by atoms with Crippen molar-refractivity contribution in [3.63, 3.8) is 0 Å². The molecule has 2 aromatic heterocycles. The van der Waals surface area contributed by atoms with E-state index in [2.05, 4.69) is 25.5 Å². The van der Waals surface area contributed by atoms with Crippen molar-refractivity contribution < 1.29 is 9.53 Å². The summed E-state index contributed by atoms with van der Waals surface area (Å²) >= 11 is 0. The number of carbonyl (C=O) groups is 1. The predicted molar refractivity (Wildman–Crippen MR) is 80.6 cm³/mol. The van der Waals surface area contributed by atoms with Crippen LogP contribution in [0.1, 0.15) is 10.5 Å². The van der Waals surface area contributed by atoms with E-state index >= 15 is 0 Å². The molecule has 0 saturated carbocycles. The third-order valence-electron chi connectivity index (χ3n) is 3.04. The van der Waals surface area contributed by atoms with Crippen molar-refractivity contribution in [1.82, 2.24) is 20.2 Å². The summed E-state index contributed by atoms with van der Waals surface area (Å²) in [6.07, 6.45) is 2.97. The average molecular weight is 295 g/mol. The fraction of sp³-hybridized carbons (Fsp3) is 0.0667. The molecule has 2 heterocycles. The molecule has 0 atom stereocenters. The highest BCUT2D eigenvalue weighted by atomic mass is 16.5. The van der Waals surface area contributed by atoms with Crippen LogP contribution in [0.3, 0.4) is 0 Å². The van der Waals surface area contributed by atoms with E-state index in [1.807, 2.05) is 30.3 Å². The molecule has 0 aliphatic carbocycles. The van der Waals surface area contributed by atoms with E-state index in [0.717, 1.165) is 11.3 Å². The van der Waals surface area contributed by atoms with Crippen molar-refractivity contribution in [1.29, 1.82) is 0 Å². The zero-order valence-electron chi connectivity index (χ0n) is 11.8. The molecule has 0 spiro atoms. The van der Waals surface area contributed by atoms with Crippen LogP contribution >= 0.6 is 0 Å². The second kappa shape index (κ2) is 6.04. The maximum absolute atomic E-state index is 12.1. The Hall–Kier alpha value is -3.22. The van der Waals surface area contributed by atoms with Crippen LogP contribution in [-0.2, 0) is 0 Å². The van der Waals surface area contributed by atoms with Gasteiger partial charge in [0.25, 0.3) is 5.91 Å². The number of benzene rings is 1. The van der Waals surface area contributed by atoms with Gasteiger partial charge in [-0.15, -0.1) is 0 Å². The van der Waals surface area contributed by atoms with Crippen molar-refractivity contribution in [2.75, 3.05) is 12.4 Å². The number of aromatic amines is 1. The minimum absolute atomic E-state index is 0.240. The maximum Gasteiger partial charge on any atom is 0.274 e. The Balaban J connectivity index is 1.74. The van der Waals surface area contributed by atoms with Crippen molar-refractivity contribution in [2.24, 2.45) is 0 Å². The zero-order valence-corrected chi connectivity index (χ0v) is 11.8. The largest absolute Gasteiger partial charge is 0.481 e. The van der Waals surface area contributed by atoms with Gasteiger partial charge in [0.1, 0.15) is 12.0 Å². The second-order valence-electron chi connectivity index (χ2n) is 4.45. The lowest BCUT2D eigenvalue weighted by molar-refractivity contribution is 0.102. The van der Waals surface area contributed by atoms with Crippen LogP contribution in [-0.4, -0.2) is 33.2 Å². The molecule has 0 fully saturated rings. The summed E-state index contributed by atoms with van der Waals surface area (Å²) in [5.41, 5.74) is 2.81. The van der Waals surface area contributed by atoms with Gasteiger partial charge < -0.3 is 10.1 Å². The molecule has 22 heavy (non-hydrogen) atoms. The standard InChI is InChI=1S/C15H13N5O2/c1-22-14-8-13(16-9-17-14)15(21)19-11-4-2-10(3-5-11)12-6-7-18-20-12/h2-9H,1H3,(H,18,20)(H,19,21). The summed E-state index contributed by atoms with van der Waals surface area (Å²) in [6, 6.07) is 10.8. The summed E-state index contributed by atoms with van der Waals surface area (Å²) < 4.78 is 4.97. The number of ether oxygens (including phenoxy) is 1. The molecule has 1 aromatic carbocycles. The van der Waals surface area contributed by atoms with Crippen LogP contribution in [0.4, 0.5) is 5.69 Å². The topological polar surface area (TPSA) is 92.8 Å².